The topological polar surface area (TPSA) is 89.5 Å². The lowest BCUT2D eigenvalue weighted by molar-refractivity contribution is -0.140. The van der Waals surface area contributed by atoms with Crippen LogP contribution in [0.15, 0.2) is 40.3 Å². The van der Waals surface area contributed by atoms with Crippen LogP contribution in [-0.4, -0.2) is 32.8 Å². The zero-order chi connectivity index (χ0) is 17.2. The summed E-state index contributed by atoms with van der Waals surface area (Å²) in [6.07, 6.45) is 0.193. The number of nitrogens with one attached hydrogen (secondary N) is 1. The van der Waals surface area contributed by atoms with Gasteiger partial charge in [-0.15, -0.1) is 0 Å². The van der Waals surface area contributed by atoms with E-state index in [2.05, 4.69) is 10.1 Å². The summed E-state index contributed by atoms with van der Waals surface area (Å²) in [6.45, 7) is 3.46. The van der Waals surface area contributed by atoms with Gasteiger partial charge in [0.2, 0.25) is 15.7 Å². The SMILES string of the molecule is COC(=O)CCC1=C(C)C(S(=O)(=O)c2ccc(C)cc2)NC1=O. The smallest absolute Gasteiger partial charge is 0.305 e. The molecule has 0 aromatic heterocycles. The molecule has 1 heterocycles. The van der Waals surface area contributed by atoms with Gasteiger partial charge in [0.25, 0.3) is 0 Å². The van der Waals surface area contributed by atoms with Crippen molar-refractivity contribution < 1.29 is 22.7 Å². The van der Waals surface area contributed by atoms with E-state index in [1.807, 2.05) is 6.92 Å². The van der Waals surface area contributed by atoms with Crippen LogP contribution in [0, 0.1) is 6.92 Å². The summed E-state index contributed by atoms with van der Waals surface area (Å²) in [5.41, 5.74) is 1.71. The van der Waals surface area contributed by atoms with Gasteiger partial charge in [-0.2, -0.15) is 0 Å². The molecule has 124 valence electrons. The number of aryl methyl sites for hydroxylation is 1. The molecule has 1 aromatic rings. The molecule has 1 aliphatic rings. The van der Waals surface area contributed by atoms with Crippen molar-refractivity contribution in [1.82, 2.24) is 5.32 Å². The number of benzene rings is 1. The summed E-state index contributed by atoms with van der Waals surface area (Å²) in [6, 6.07) is 6.47. The molecule has 1 unspecified atom stereocenters. The largest absolute Gasteiger partial charge is 0.469 e. The highest BCUT2D eigenvalue weighted by molar-refractivity contribution is 7.92. The van der Waals surface area contributed by atoms with Crippen LogP contribution in [0.3, 0.4) is 0 Å². The average molecular weight is 337 g/mol. The van der Waals surface area contributed by atoms with Crippen molar-refractivity contribution in [3.63, 3.8) is 0 Å². The van der Waals surface area contributed by atoms with Crippen LogP contribution in [-0.2, 0) is 24.2 Å². The van der Waals surface area contributed by atoms with Crippen molar-refractivity contribution in [2.24, 2.45) is 0 Å². The molecule has 1 atom stereocenters. The van der Waals surface area contributed by atoms with Crippen molar-refractivity contribution >= 4 is 21.7 Å². The van der Waals surface area contributed by atoms with Gasteiger partial charge in [0.15, 0.2) is 5.37 Å². The quantitative estimate of drug-likeness (QED) is 0.822. The molecule has 0 aliphatic carbocycles. The second kappa shape index (κ2) is 6.54. The zero-order valence-corrected chi connectivity index (χ0v) is 14.1. The highest BCUT2D eigenvalue weighted by Crippen LogP contribution is 2.28. The molecule has 23 heavy (non-hydrogen) atoms. The van der Waals surface area contributed by atoms with Gasteiger partial charge in [0, 0.05) is 12.0 Å². The number of carbonyl (C=O) groups excluding carboxylic acids is 2. The lowest BCUT2D eigenvalue weighted by atomic mass is 10.1. The number of hydrogen-bond donors (Lipinski definition) is 1. The second-order valence-electron chi connectivity index (χ2n) is 5.45. The molecular formula is C16H19NO5S. The molecule has 1 N–H and O–H groups in total. The van der Waals surface area contributed by atoms with Gasteiger partial charge in [-0.25, -0.2) is 8.42 Å². The van der Waals surface area contributed by atoms with E-state index in [9.17, 15) is 18.0 Å². The van der Waals surface area contributed by atoms with Crippen molar-refractivity contribution in [2.45, 2.75) is 37.0 Å². The summed E-state index contributed by atoms with van der Waals surface area (Å²) >= 11 is 0. The Balaban J connectivity index is 2.29. The van der Waals surface area contributed by atoms with Crippen LogP contribution in [0.2, 0.25) is 0 Å². The van der Waals surface area contributed by atoms with Gasteiger partial charge in [-0.05, 0) is 38.0 Å². The Morgan fingerprint density at radius 3 is 2.39 bits per heavy atom. The Morgan fingerprint density at radius 1 is 1.22 bits per heavy atom. The number of carbonyl (C=O) groups is 2. The fourth-order valence-corrected chi connectivity index (χ4v) is 4.12. The minimum atomic E-state index is -3.72. The molecule has 0 bridgehead atoms. The van der Waals surface area contributed by atoms with Gasteiger partial charge in [0.05, 0.1) is 12.0 Å². The first-order valence-corrected chi connectivity index (χ1v) is 8.70. The van der Waals surface area contributed by atoms with Crippen LogP contribution in [0.4, 0.5) is 0 Å². The minimum absolute atomic E-state index is 0.0356. The van der Waals surface area contributed by atoms with E-state index in [4.69, 9.17) is 0 Å². The predicted molar refractivity (Wildman–Crippen MR) is 84.2 cm³/mol. The summed E-state index contributed by atoms with van der Waals surface area (Å²) in [7, 11) is -2.45. The number of hydrogen-bond acceptors (Lipinski definition) is 5. The summed E-state index contributed by atoms with van der Waals surface area (Å²) in [5, 5.41) is 1.40. The van der Waals surface area contributed by atoms with Crippen LogP contribution in [0.5, 0.6) is 0 Å². The van der Waals surface area contributed by atoms with Crippen LogP contribution < -0.4 is 5.32 Å². The van der Waals surface area contributed by atoms with Gasteiger partial charge in [-0.1, -0.05) is 17.7 Å². The minimum Gasteiger partial charge on any atom is -0.469 e. The molecule has 7 heteroatoms. The first-order chi connectivity index (χ1) is 10.8. The van der Waals surface area contributed by atoms with E-state index in [0.717, 1.165) is 5.56 Å². The highest BCUT2D eigenvalue weighted by atomic mass is 32.2. The third-order valence-corrected chi connectivity index (χ3v) is 5.89. The van der Waals surface area contributed by atoms with Crippen LogP contribution >= 0.6 is 0 Å². The van der Waals surface area contributed by atoms with Crippen molar-refractivity contribution in [2.75, 3.05) is 7.11 Å². The molecule has 0 fully saturated rings. The van der Waals surface area contributed by atoms with Crippen molar-refractivity contribution in [3.05, 3.63) is 41.0 Å². The molecule has 0 saturated heterocycles. The molecule has 1 amide bonds. The molecule has 1 aliphatic heterocycles. The fraction of sp³-hybridized carbons (Fsp3) is 0.375. The average Bonchev–Trinajstić information content (AvgIpc) is 2.80. The molecule has 2 rings (SSSR count). The number of esters is 1. The van der Waals surface area contributed by atoms with E-state index >= 15 is 0 Å². The second-order valence-corrected chi connectivity index (χ2v) is 7.48. The first kappa shape index (κ1) is 17.2. The van der Waals surface area contributed by atoms with Gasteiger partial charge in [-0.3, -0.25) is 9.59 Å². The van der Waals surface area contributed by atoms with Crippen molar-refractivity contribution in [3.8, 4) is 0 Å². The van der Waals surface area contributed by atoms with Crippen LogP contribution in [0.1, 0.15) is 25.3 Å². The van der Waals surface area contributed by atoms with Gasteiger partial charge < -0.3 is 10.1 Å². The monoisotopic (exact) mass is 337 g/mol. The van der Waals surface area contributed by atoms with Gasteiger partial charge in [0.1, 0.15) is 0 Å². The molecular weight excluding hydrogens is 318 g/mol. The Morgan fingerprint density at radius 2 is 1.83 bits per heavy atom. The highest BCUT2D eigenvalue weighted by Gasteiger charge is 2.38. The Labute approximate surface area is 135 Å². The van der Waals surface area contributed by atoms with E-state index < -0.39 is 27.1 Å². The molecule has 0 radical (unpaired) electrons. The third-order valence-electron chi connectivity index (χ3n) is 3.87. The standard InChI is InChI=1S/C16H19NO5S/c1-10-4-6-12(7-5-10)23(20,21)16-11(2)13(15(19)17-16)8-9-14(18)22-3/h4-7,16H,8-9H2,1-3H3,(H,17,19). The van der Waals surface area contributed by atoms with E-state index in [1.54, 1.807) is 19.1 Å². The number of rotatable bonds is 5. The maximum absolute atomic E-state index is 12.7. The maximum Gasteiger partial charge on any atom is 0.305 e. The number of amides is 1. The number of methoxy groups -OCH3 is 1. The Bertz CT molecular complexity index is 762. The van der Waals surface area contributed by atoms with E-state index in [1.165, 1.54) is 19.2 Å². The summed E-state index contributed by atoms with van der Waals surface area (Å²) in [4.78, 5) is 23.4. The molecule has 6 nitrogen and oxygen atoms in total. The number of sulfone groups is 1. The lowest BCUT2D eigenvalue weighted by Gasteiger charge is -2.14. The summed E-state index contributed by atoms with van der Waals surface area (Å²) in [5.74, 6) is -0.893. The predicted octanol–water partition coefficient (Wildman–Crippen LogP) is 1.49. The van der Waals surface area contributed by atoms with E-state index in [-0.39, 0.29) is 17.7 Å². The van der Waals surface area contributed by atoms with Crippen LogP contribution in [0.25, 0.3) is 0 Å². The normalized spacial score (nSPS) is 18.0. The Kier molecular flexibility index (Phi) is 4.89. The first-order valence-electron chi connectivity index (χ1n) is 7.15. The van der Waals surface area contributed by atoms with Crippen molar-refractivity contribution in [1.29, 1.82) is 0 Å². The summed E-state index contributed by atoms with van der Waals surface area (Å²) < 4.78 is 29.9. The molecule has 0 saturated carbocycles. The fourth-order valence-electron chi connectivity index (χ4n) is 2.47. The van der Waals surface area contributed by atoms with E-state index in [0.29, 0.717) is 11.1 Å². The maximum atomic E-state index is 12.7. The zero-order valence-electron chi connectivity index (χ0n) is 13.3. The molecule has 0 spiro atoms. The number of ether oxygens (including phenoxy) is 1. The lowest BCUT2D eigenvalue weighted by Crippen LogP contribution is -2.35. The van der Waals surface area contributed by atoms with Gasteiger partial charge >= 0.3 is 5.97 Å². The third kappa shape index (κ3) is 3.44. The molecule has 1 aromatic carbocycles. The Hall–Kier alpha value is -2.15.